The fourth-order valence-electron chi connectivity index (χ4n) is 3.33. The summed E-state index contributed by atoms with van der Waals surface area (Å²) in [5, 5.41) is 17.9. The largest absolute Gasteiger partial charge is 0.355 e. The molecule has 1 aliphatic rings. The van der Waals surface area contributed by atoms with Crippen molar-refractivity contribution in [1.82, 2.24) is 10.2 Å². The van der Waals surface area contributed by atoms with Gasteiger partial charge in [0.15, 0.2) is 5.82 Å². The lowest BCUT2D eigenvalue weighted by molar-refractivity contribution is 0.570. The van der Waals surface area contributed by atoms with E-state index in [-0.39, 0.29) is 6.04 Å². The molecule has 0 aliphatic carbocycles. The Kier molecular flexibility index (Phi) is 6.85. The van der Waals surface area contributed by atoms with Gasteiger partial charge in [-0.15, -0.1) is 5.10 Å². The molecule has 1 saturated heterocycles. The summed E-state index contributed by atoms with van der Waals surface area (Å²) in [4.78, 5) is 4.26. The molecule has 1 aromatic heterocycles. The highest BCUT2D eigenvalue weighted by atomic mass is 32.2. The van der Waals surface area contributed by atoms with Crippen molar-refractivity contribution in [3.8, 4) is 6.07 Å². The van der Waals surface area contributed by atoms with Gasteiger partial charge in [-0.05, 0) is 55.5 Å². The van der Waals surface area contributed by atoms with E-state index in [4.69, 9.17) is 5.73 Å². The highest BCUT2D eigenvalue weighted by Crippen LogP contribution is 2.36. The first-order valence-corrected chi connectivity index (χ1v) is 10.3. The fraction of sp³-hybridized carbons (Fsp3) is 0.318. The summed E-state index contributed by atoms with van der Waals surface area (Å²) in [5.74, 6) is 0.914. The molecule has 2 heterocycles. The predicted molar refractivity (Wildman–Crippen MR) is 115 cm³/mol. The average molecular weight is 392 g/mol. The number of rotatable bonds is 6. The molecule has 0 saturated carbocycles. The van der Waals surface area contributed by atoms with E-state index in [9.17, 15) is 5.26 Å². The second-order valence-corrected chi connectivity index (χ2v) is 7.98. The van der Waals surface area contributed by atoms with Gasteiger partial charge in [0.25, 0.3) is 0 Å². The first-order valence-electron chi connectivity index (χ1n) is 9.50. The molecule has 5 nitrogen and oxygen atoms in total. The third kappa shape index (κ3) is 4.80. The van der Waals surface area contributed by atoms with Crippen LogP contribution in [0.2, 0.25) is 0 Å². The highest BCUT2D eigenvalue weighted by Gasteiger charge is 2.16. The van der Waals surface area contributed by atoms with Gasteiger partial charge in [0, 0.05) is 28.9 Å². The Balaban J connectivity index is 1.96. The SMILES string of the molecule is C=C/C=C(/c1ccc(C#N)cc1Sc1cnnc(N2CCCCC2)c1)C(C)N. The van der Waals surface area contributed by atoms with E-state index in [0.29, 0.717) is 5.56 Å². The first kappa shape index (κ1) is 20.1. The van der Waals surface area contributed by atoms with Crippen LogP contribution in [0.5, 0.6) is 0 Å². The molecule has 2 N–H and O–H groups in total. The number of hydrogen-bond donors (Lipinski definition) is 1. The number of nitriles is 1. The monoisotopic (exact) mass is 391 g/mol. The Morgan fingerprint density at radius 2 is 2.11 bits per heavy atom. The van der Waals surface area contributed by atoms with Crippen LogP contribution < -0.4 is 10.6 Å². The number of piperidine rings is 1. The molecule has 6 heteroatoms. The third-order valence-corrected chi connectivity index (χ3v) is 5.75. The molecule has 1 atom stereocenters. The summed E-state index contributed by atoms with van der Waals surface area (Å²) in [6, 6.07) is 9.84. The Hall–Kier alpha value is -2.62. The molecule has 28 heavy (non-hydrogen) atoms. The van der Waals surface area contributed by atoms with E-state index < -0.39 is 0 Å². The molecule has 0 spiro atoms. The van der Waals surface area contributed by atoms with Crippen molar-refractivity contribution >= 4 is 23.2 Å². The van der Waals surface area contributed by atoms with Gasteiger partial charge in [-0.2, -0.15) is 10.4 Å². The number of allylic oxidation sites excluding steroid dienone is 2. The van der Waals surface area contributed by atoms with E-state index >= 15 is 0 Å². The van der Waals surface area contributed by atoms with Crippen LogP contribution in [0, 0.1) is 11.3 Å². The van der Waals surface area contributed by atoms with Gasteiger partial charge in [-0.25, -0.2) is 0 Å². The van der Waals surface area contributed by atoms with Crippen LogP contribution in [0.15, 0.2) is 59.0 Å². The lowest BCUT2D eigenvalue weighted by atomic mass is 9.98. The molecule has 0 amide bonds. The van der Waals surface area contributed by atoms with E-state index in [1.807, 2.05) is 31.2 Å². The minimum atomic E-state index is -0.148. The summed E-state index contributed by atoms with van der Waals surface area (Å²) in [5.41, 5.74) is 8.80. The van der Waals surface area contributed by atoms with Gasteiger partial charge >= 0.3 is 0 Å². The summed E-state index contributed by atoms with van der Waals surface area (Å²) in [6.07, 6.45) is 9.10. The van der Waals surface area contributed by atoms with Crippen LogP contribution in [0.1, 0.15) is 37.3 Å². The Morgan fingerprint density at radius 1 is 1.32 bits per heavy atom. The van der Waals surface area contributed by atoms with E-state index in [1.54, 1.807) is 24.0 Å². The number of nitrogens with two attached hydrogens (primary N) is 1. The van der Waals surface area contributed by atoms with Gasteiger partial charge in [0.1, 0.15) is 0 Å². The lowest BCUT2D eigenvalue weighted by Crippen LogP contribution is -2.30. The molecule has 0 bridgehead atoms. The van der Waals surface area contributed by atoms with Gasteiger partial charge in [-0.3, -0.25) is 0 Å². The molecular formula is C22H25N5S. The second-order valence-electron chi connectivity index (χ2n) is 6.87. The normalized spacial score (nSPS) is 15.8. The van der Waals surface area contributed by atoms with Crippen LogP contribution in [0.4, 0.5) is 5.82 Å². The van der Waals surface area contributed by atoms with Gasteiger partial charge in [0.05, 0.1) is 17.8 Å². The molecule has 2 aromatic rings. The van der Waals surface area contributed by atoms with Crippen LogP contribution in [-0.2, 0) is 0 Å². The maximum atomic E-state index is 9.34. The van der Waals surface area contributed by atoms with Gasteiger partial charge in [-0.1, -0.05) is 36.6 Å². The van der Waals surface area contributed by atoms with E-state index in [2.05, 4.69) is 33.8 Å². The number of anilines is 1. The van der Waals surface area contributed by atoms with E-state index in [1.165, 1.54) is 19.3 Å². The Labute approximate surface area is 171 Å². The quantitative estimate of drug-likeness (QED) is 0.735. The van der Waals surface area contributed by atoms with Crippen molar-refractivity contribution in [2.75, 3.05) is 18.0 Å². The van der Waals surface area contributed by atoms with Crippen LogP contribution >= 0.6 is 11.8 Å². The fourth-order valence-corrected chi connectivity index (χ4v) is 4.33. The predicted octanol–water partition coefficient (Wildman–Crippen LogP) is 4.41. The topological polar surface area (TPSA) is 78.8 Å². The average Bonchev–Trinajstić information content (AvgIpc) is 2.73. The molecular weight excluding hydrogens is 366 g/mol. The van der Waals surface area contributed by atoms with Crippen LogP contribution in [0.3, 0.4) is 0 Å². The molecule has 1 unspecified atom stereocenters. The minimum absolute atomic E-state index is 0.148. The van der Waals surface area contributed by atoms with Gasteiger partial charge in [0.2, 0.25) is 0 Å². The lowest BCUT2D eigenvalue weighted by Gasteiger charge is -2.27. The van der Waals surface area contributed by atoms with Crippen molar-refractivity contribution in [2.45, 2.75) is 42.0 Å². The van der Waals surface area contributed by atoms with Crippen molar-refractivity contribution < 1.29 is 0 Å². The molecule has 1 aliphatic heterocycles. The Morgan fingerprint density at radius 3 is 2.79 bits per heavy atom. The number of aromatic nitrogens is 2. The standard InChI is InChI=1S/C22H25N5S/c1-3-7-19(16(2)24)20-9-8-17(14-23)12-21(20)28-18-13-22(26-25-15-18)27-10-5-4-6-11-27/h3,7-9,12-13,15-16H,1,4-6,10-11,24H2,2H3/b19-7+. The highest BCUT2D eigenvalue weighted by molar-refractivity contribution is 7.99. The zero-order chi connectivity index (χ0) is 19.9. The zero-order valence-electron chi connectivity index (χ0n) is 16.1. The number of benzene rings is 1. The third-order valence-electron chi connectivity index (χ3n) is 4.73. The molecule has 1 fully saturated rings. The Bertz CT molecular complexity index is 907. The zero-order valence-corrected chi connectivity index (χ0v) is 17.0. The molecule has 1 aromatic carbocycles. The van der Waals surface area contributed by atoms with Crippen molar-refractivity contribution in [2.24, 2.45) is 5.73 Å². The maximum Gasteiger partial charge on any atom is 0.152 e. The smallest absolute Gasteiger partial charge is 0.152 e. The van der Waals surface area contributed by atoms with E-state index in [0.717, 1.165) is 39.8 Å². The molecule has 144 valence electrons. The van der Waals surface area contributed by atoms with Crippen LogP contribution in [-0.4, -0.2) is 29.3 Å². The second kappa shape index (κ2) is 9.54. The summed E-state index contributed by atoms with van der Waals surface area (Å²) in [7, 11) is 0. The summed E-state index contributed by atoms with van der Waals surface area (Å²) < 4.78 is 0. The van der Waals surface area contributed by atoms with Gasteiger partial charge < -0.3 is 10.6 Å². The summed E-state index contributed by atoms with van der Waals surface area (Å²) >= 11 is 1.58. The van der Waals surface area contributed by atoms with Crippen LogP contribution in [0.25, 0.3) is 5.57 Å². The molecule has 3 rings (SSSR count). The number of nitrogens with zero attached hydrogens (tertiary/aromatic N) is 4. The number of hydrogen-bond acceptors (Lipinski definition) is 6. The van der Waals surface area contributed by atoms with Crippen molar-refractivity contribution in [1.29, 1.82) is 5.26 Å². The first-order chi connectivity index (χ1) is 13.6. The maximum absolute atomic E-state index is 9.34. The van der Waals surface area contributed by atoms with Crippen molar-refractivity contribution in [3.05, 3.63) is 60.3 Å². The molecule has 0 radical (unpaired) electrons. The van der Waals surface area contributed by atoms with Crippen molar-refractivity contribution in [3.63, 3.8) is 0 Å². The minimum Gasteiger partial charge on any atom is -0.355 e. The summed E-state index contributed by atoms with van der Waals surface area (Å²) in [6.45, 7) is 7.80.